The number of rotatable bonds is 7. The molecule has 0 bridgehead atoms. The van der Waals surface area contributed by atoms with Gasteiger partial charge in [-0.25, -0.2) is 4.79 Å². The van der Waals surface area contributed by atoms with Crippen LogP contribution in [0.15, 0.2) is 18.2 Å². The molecule has 4 heteroatoms. The Bertz CT molecular complexity index is 444. The first-order valence-corrected chi connectivity index (χ1v) is 7.27. The van der Waals surface area contributed by atoms with Crippen LogP contribution in [0.5, 0.6) is 0 Å². The third-order valence-electron chi connectivity index (χ3n) is 3.16. The van der Waals surface area contributed by atoms with Crippen molar-refractivity contribution in [2.45, 2.75) is 46.6 Å². The SMILES string of the molecule is CCOC(=O)c1cccc(N)c1NC(C)CCC(C)C. The number of nitrogens with one attached hydrogen (secondary N) is 1. The third-order valence-corrected chi connectivity index (χ3v) is 3.16. The Balaban J connectivity index is 2.84. The topological polar surface area (TPSA) is 64.3 Å². The molecule has 3 N–H and O–H groups in total. The minimum atomic E-state index is -0.335. The van der Waals surface area contributed by atoms with Gasteiger partial charge in [0, 0.05) is 6.04 Å². The van der Waals surface area contributed by atoms with Gasteiger partial charge in [-0.2, -0.15) is 0 Å². The van der Waals surface area contributed by atoms with E-state index in [4.69, 9.17) is 10.5 Å². The Morgan fingerprint density at radius 3 is 2.60 bits per heavy atom. The number of carbonyl (C=O) groups excluding carboxylic acids is 1. The molecule has 20 heavy (non-hydrogen) atoms. The lowest BCUT2D eigenvalue weighted by Crippen LogP contribution is -2.20. The van der Waals surface area contributed by atoms with Gasteiger partial charge < -0.3 is 15.8 Å². The maximum atomic E-state index is 11.9. The number of nitrogen functional groups attached to an aromatic ring is 1. The molecule has 112 valence electrons. The van der Waals surface area contributed by atoms with E-state index in [2.05, 4.69) is 26.1 Å². The highest BCUT2D eigenvalue weighted by Gasteiger charge is 2.16. The first kappa shape index (κ1) is 16.3. The largest absolute Gasteiger partial charge is 0.462 e. The van der Waals surface area contributed by atoms with Crippen molar-refractivity contribution in [2.24, 2.45) is 5.92 Å². The number of carbonyl (C=O) groups is 1. The lowest BCUT2D eigenvalue weighted by Gasteiger charge is -2.20. The average Bonchev–Trinajstić information content (AvgIpc) is 2.39. The molecule has 0 spiro atoms. The molecular formula is C16H26N2O2. The number of para-hydroxylation sites is 1. The standard InChI is InChI=1S/C16H26N2O2/c1-5-20-16(19)13-7-6-8-14(17)15(13)18-12(4)10-9-11(2)3/h6-8,11-12,18H,5,9-10,17H2,1-4H3. The van der Waals surface area contributed by atoms with Crippen molar-refractivity contribution in [1.29, 1.82) is 0 Å². The highest BCUT2D eigenvalue weighted by Crippen LogP contribution is 2.26. The molecule has 0 fully saturated rings. The normalized spacial score (nSPS) is 12.2. The summed E-state index contributed by atoms with van der Waals surface area (Å²) in [5.74, 6) is 0.329. The van der Waals surface area contributed by atoms with Crippen molar-refractivity contribution >= 4 is 17.3 Å². The first-order valence-electron chi connectivity index (χ1n) is 7.27. The first-order chi connectivity index (χ1) is 9.45. The molecule has 4 nitrogen and oxygen atoms in total. The maximum Gasteiger partial charge on any atom is 0.340 e. The van der Waals surface area contributed by atoms with Crippen LogP contribution in [-0.4, -0.2) is 18.6 Å². The van der Waals surface area contributed by atoms with Gasteiger partial charge in [0.25, 0.3) is 0 Å². The zero-order valence-electron chi connectivity index (χ0n) is 12.9. The Kier molecular flexibility index (Phi) is 6.36. The van der Waals surface area contributed by atoms with Crippen molar-refractivity contribution in [1.82, 2.24) is 0 Å². The molecular weight excluding hydrogens is 252 g/mol. The zero-order chi connectivity index (χ0) is 15.1. The summed E-state index contributed by atoms with van der Waals surface area (Å²) in [6.07, 6.45) is 2.17. The Morgan fingerprint density at radius 2 is 2.00 bits per heavy atom. The van der Waals surface area contributed by atoms with E-state index in [1.165, 1.54) is 0 Å². The minimum absolute atomic E-state index is 0.260. The van der Waals surface area contributed by atoms with E-state index in [1.807, 2.05) is 0 Å². The van der Waals surface area contributed by atoms with Crippen LogP contribution >= 0.6 is 0 Å². The van der Waals surface area contributed by atoms with Crippen LogP contribution in [0.4, 0.5) is 11.4 Å². The predicted octanol–water partition coefficient (Wildman–Crippen LogP) is 3.68. The van der Waals surface area contributed by atoms with Crippen molar-refractivity contribution in [2.75, 3.05) is 17.7 Å². The van der Waals surface area contributed by atoms with Gasteiger partial charge in [-0.15, -0.1) is 0 Å². The molecule has 1 rings (SSSR count). The molecule has 0 aromatic heterocycles. The number of benzene rings is 1. The Morgan fingerprint density at radius 1 is 1.30 bits per heavy atom. The summed E-state index contributed by atoms with van der Waals surface area (Å²) in [5.41, 5.74) is 7.75. The third kappa shape index (κ3) is 4.76. The molecule has 1 atom stereocenters. The van der Waals surface area contributed by atoms with E-state index in [0.29, 0.717) is 29.5 Å². The number of anilines is 2. The van der Waals surface area contributed by atoms with E-state index in [-0.39, 0.29) is 12.0 Å². The van der Waals surface area contributed by atoms with Crippen LogP contribution in [-0.2, 0) is 4.74 Å². The lowest BCUT2D eigenvalue weighted by atomic mass is 10.0. The van der Waals surface area contributed by atoms with Gasteiger partial charge in [-0.05, 0) is 44.7 Å². The summed E-state index contributed by atoms with van der Waals surface area (Å²) >= 11 is 0. The average molecular weight is 278 g/mol. The molecule has 0 aliphatic rings. The van der Waals surface area contributed by atoms with Crippen LogP contribution in [0.1, 0.15) is 50.9 Å². The molecule has 1 aromatic rings. The van der Waals surface area contributed by atoms with Gasteiger partial charge in [-0.1, -0.05) is 19.9 Å². The van der Waals surface area contributed by atoms with Crippen LogP contribution in [0.2, 0.25) is 0 Å². The highest BCUT2D eigenvalue weighted by atomic mass is 16.5. The Labute approximate surface area is 121 Å². The van der Waals surface area contributed by atoms with Gasteiger partial charge in [-0.3, -0.25) is 0 Å². The molecule has 0 saturated heterocycles. The second-order valence-corrected chi connectivity index (χ2v) is 5.51. The van der Waals surface area contributed by atoms with Crippen LogP contribution < -0.4 is 11.1 Å². The molecule has 1 aromatic carbocycles. The molecule has 0 heterocycles. The molecule has 0 amide bonds. The quantitative estimate of drug-likeness (QED) is 0.590. The summed E-state index contributed by atoms with van der Waals surface area (Å²) in [7, 11) is 0. The van der Waals surface area contributed by atoms with E-state index < -0.39 is 0 Å². The fourth-order valence-corrected chi connectivity index (χ4v) is 2.01. The lowest BCUT2D eigenvalue weighted by molar-refractivity contribution is 0.0527. The van der Waals surface area contributed by atoms with E-state index in [0.717, 1.165) is 12.8 Å². The van der Waals surface area contributed by atoms with Gasteiger partial charge in [0.2, 0.25) is 0 Å². The fourth-order valence-electron chi connectivity index (χ4n) is 2.01. The van der Waals surface area contributed by atoms with Crippen molar-refractivity contribution in [3.63, 3.8) is 0 Å². The summed E-state index contributed by atoms with van der Waals surface area (Å²) in [5, 5.41) is 3.35. The van der Waals surface area contributed by atoms with E-state index in [1.54, 1.807) is 25.1 Å². The molecule has 0 aliphatic heterocycles. The zero-order valence-corrected chi connectivity index (χ0v) is 12.9. The van der Waals surface area contributed by atoms with Gasteiger partial charge in [0.1, 0.15) is 0 Å². The van der Waals surface area contributed by atoms with Crippen molar-refractivity contribution in [3.8, 4) is 0 Å². The number of nitrogens with two attached hydrogens (primary N) is 1. The van der Waals surface area contributed by atoms with Crippen molar-refractivity contribution < 1.29 is 9.53 Å². The van der Waals surface area contributed by atoms with E-state index >= 15 is 0 Å². The monoisotopic (exact) mass is 278 g/mol. The van der Waals surface area contributed by atoms with Gasteiger partial charge in [0.15, 0.2) is 0 Å². The molecule has 0 radical (unpaired) electrons. The number of hydrogen-bond donors (Lipinski definition) is 2. The second-order valence-electron chi connectivity index (χ2n) is 5.51. The summed E-state index contributed by atoms with van der Waals surface area (Å²) in [6.45, 7) is 8.66. The van der Waals surface area contributed by atoms with Gasteiger partial charge in [0.05, 0.1) is 23.5 Å². The Hall–Kier alpha value is -1.71. The van der Waals surface area contributed by atoms with Crippen LogP contribution in [0.3, 0.4) is 0 Å². The summed E-state index contributed by atoms with van der Waals surface area (Å²) in [6, 6.07) is 5.56. The number of hydrogen-bond acceptors (Lipinski definition) is 4. The molecule has 0 aliphatic carbocycles. The smallest absolute Gasteiger partial charge is 0.340 e. The van der Waals surface area contributed by atoms with Crippen molar-refractivity contribution in [3.05, 3.63) is 23.8 Å². The van der Waals surface area contributed by atoms with Gasteiger partial charge >= 0.3 is 5.97 Å². The molecule has 0 saturated carbocycles. The van der Waals surface area contributed by atoms with Crippen LogP contribution in [0.25, 0.3) is 0 Å². The minimum Gasteiger partial charge on any atom is -0.462 e. The highest BCUT2D eigenvalue weighted by molar-refractivity contribution is 5.98. The molecule has 1 unspecified atom stereocenters. The number of esters is 1. The number of ether oxygens (including phenoxy) is 1. The predicted molar refractivity (Wildman–Crippen MR) is 84.0 cm³/mol. The van der Waals surface area contributed by atoms with Crippen LogP contribution in [0, 0.1) is 5.92 Å². The fraction of sp³-hybridized carbons (Fsp3) is 0.562. The van der Waals surface area contributed by atoms with E-state index in [9.17, 15) is 4.79 Å². The summed E-state index contributed by atoms with van der Waals surface area (Å²) < 4.78 is 5.07. The maximum absolute atomic E-state index is 11.9. The second kappa shape index (κ2) is 7.78. The summed E-state index contributed by atoms with van der Waals surface area (Å²) in [4.78, 5) is 11.9.